The van der Waals surface area contributed by atoms with Gasteiger partial charge in [-0.05, 0) is 57.8 Å². The first-order valence-corrected chi connectivity index (χ1v) is 7.94. The van der Waals surface area contributed by atoms with E-state index < -0.39 is 0 Å². The summed E-state index contributed by atoms with van der Waals surface area (Å²) in [5.74, 6) is 0.884. The Kier molecular flexibility index (Phi) is 4.35. The molecule has 0 N–H and O–H groups in total. The number of ether oxygens (including phenoxy) is 1. The minimum atomic E-state index is 0.645. The van der Waals surface area contributed by atoms with Gasteiger partial charge in [0.1, 0.15) is 11.4 Å². The molecule has 0 unspecified atom stereocenters. The van der Waals surface area contributed by atoms with Crippen LogP contribution in [0.15, 0.2) is 42.6 Å². The number of para-hydroxylation sites is 1. The van der Waals surface area contributed by atoms with Crippen molar-refractivity contribution in [3.63, 3.8) is 0 Å². The summed E-state index contributed by atoms with van der Waals surface area (Å²) in [6.07, 6.45) is 2.10. The molecule has 0 aliphatic carbocycles. The maximum absolute atomic E-state index is 5.81. The van der Waals surface area contributed by atoms with Crippen LogP contribution in [0.1, 0.15) is 18.2 Å². The Balaban J connectivity index is 2.24. The second-order valence-electron chi connectivity index (χ2n) is 6.01. The van der Waals surface area contributed by atoms with Crippen molar-refractivity contribution >= 4 is 5.65 Å². The summed E-state index contributed by atoms with van der Waals surface area (Å²) in [5, 5.41) is 0. The number of hydrogen-bond acceptors (Lipinski definition) is 3. The maximum Gasteiger partial charge on any atom is 0.137 e. The highest BCUT2D eigenvalue weighted by molar-refractivity contribution is 5.72. The molecule has 0 bridgehead atoms. The standard InChI is InChI=1S/C19H23N3O/c1-5-23-17-9-7-6-8-15(17)19-16(13-21(3)4)22-11-10-14(2)12-18(22)20-19/h6-12H,5,13H2,1-4H3. The molecule has 0 radical (unpaired) electrons. The van der Waals surface area contributed by atoms with Gasteiger partial charge in [-0.2, -0.15) is 0 Å². The Hall–Kier alpha value is -2.33. The van der Waals surface area contributed by atoms with Gasteiger partial charge >= 0.3 is 0 Å². The molecule has 0 fully saturated rings. The molecule has 0 saturated carbocycles. The predicted molar refractivity (Wildman–Crippen MR) is 93.9 cm³/mol. The summed E-state index contributed by atoms with van der Waals surface area (Å²) >= 11 is 0. The van der Waals surface area contributed by atoms with Crippen molar-refractivity contribution < 1.29 is 4.74 Å². The number of aryl methyl sites for hydroxylation is 1. The summed E-state index contributed by atoms with van der Waals surface area (Å²) in [7, 11) is 4.15. The first-order valence-electron chi connectivity index (χ1n) is 7.94. The van der Waals surface area contributed by atoms with Crippen LogP contribution in [0, 0.1) is 6.92 Å². The molecule has 3 rings (SSSR count). The molecule has 2 aromatic heterocycles. The van der Waals surface area contributed by atoms with Crippen LogP contribution in [0.25, 0.3) is 16.9 Å². The number of rotatable bonds is 5. The van der Waals surface area contributed by atoms with E-state index in [0.29, 0.717) is 6.61 Å². The molecular weight excluding hydrogens is 286 g/mol. The second-order valence-corrected chi connectivity index (χ2v) is 6.01. The Morgan fingerprint density at radius 1 is 1.17 bits per heavy atom. The monoisotopic (exact) mass is 309 g/mol. The summed E-state index contributed by atoms with van der Waals surface area (Å²) in [6, 6.07) is 12.4. The fourth-order valence-electron chi connectivity index (χ4n) is 2.81. The molecule has 0 atom stereocenters. The Labute approximate surface area is 137 Å². The molecule has 0 saturated heterocycles. The lowest BCUT2D eigenvalue weighted by atomic mass is 10.1. The summed E-state index contributed by atoms with van der Waals surface area (Å²) in [4.78, 5) is 7.06. The Bertz CT molecular complexity index is 821. The largest absolute Gasteiger partial charge is 0.493 e. The second kappa shape index (κ2) is 6.42. The highest BCUT2D eigenvalue weighted by Gasteiger charge is 2.17. The quantitative estimate of drug-likeness (QED) is 0.718. The minimum absolute atomic E-state index is 0.645. The molecular formula is C19H23N3O. The van der Waals surface area contributed by atoms with Crippen LogP contribution in [-0.2, 0) is 6.54 Å². The van der Waals surface area contributed by atoms with Gasteiger partial charge in [0, 0.05) is 18.3 Å². The number of fused-ring (bicyclic) bond motifs is 1. The molecule has 1 aromatic carbocycles. The van der Waals surface area contributed by atoms with Gasteiger partial charge in [0.2, 0.25) is 0 Å². The fourth-order valence-corrected chi connectivity index (χ4v) is 2.81. The summed E-state index contributed by atoms with van der Waals surface area (Å²) in [5.41, 5.74) is 5.41. The minimum Gasteiger partial charge on any atom is -0.493 e. The fraction of sp³-hybridized carbons (Fsp3) is 0.316. The van der Waals surface area contributed by atoms with E-state index >= 15 is 0 Å². The number of imidazole rings is 1. The van der Waals surface area contributed by atoms with Gasteiger partial charge in [-0.25, -0.2) is 4.98 Å². The first-order chi connectivity index (χ1) is 11.1. The zero-order valence-corrected chi connectivity index (χ0v) is 14.2. The van der Waals surface area contributed by atoms with Gasteiger partial charge in [-0.1, -0.05) is 12.1 Å². The van der Waals surface area contributed by atoms with Crippen LogP contribution in [0.4, 0.5) is 0 Å². The van der Waals surface area contributed by atoms with Gasteiger partial charge in [0.05, 0.1) is 18.0 Å². The zero-order chi connectivity index (χ0) is 16.4. The molecule has 3 aromatic rings. The van der Waals surface area contributed by atoms with E-state index in [2.05, 4.69) is 54.7 Å². The highest BCUT2D eigenvalue weighted by Crippen LogP contribution is 2.33. The Morgan fingerprint density at radius 3 is 2.70 bits per heavy atom. The van der Waals surface area contributed by atoms with Gasteiger partial charge in [-0.3, -0.25) is 0 Å². The topological polar surface area (TPSA) is 29.8 Å². The number of hydrogen-bond donors (Lipinski definition) is 0. The first kappa shape index (κ1) is 15.6. The molecule has 4 nitrogen and oxygen atoms in total. The molecule has 23 heavy (non-hydrogen) atoms. The average molecular weight is 309 g/mol. The normalized spacial score (nSPS) is 11.3. The van der Waals surface area contributed by atoms with Crippen molar-refractivity contribution in [2.45, 2.75) is 20.4 Å². The summed E-state index contributed by atoms with van der Waals surface area (Å²) in [6.45, 7) is 5.56. The van der Waals surface area contributed by atoms with E-state index in [1.807, 2.05) is 25.1 Å². The average Bonchev–Trinajstić information content (AvgIpc) is 2.85. The Morgan fingerprint density at radius 2 is 1.96 bits per heavy atom. The third-order valence-electron chi connectivity index (χ3n) is 3.79. The van der Waals surface area contributed by atoms with E-state index in [1.165, 1.54) is 11.3 Å². The van der Waals surface area contributed by atoms with Gasteiger partial charge in [-0.15, -0.1) is 0 Å². The van der Waals surface area contributed by atoms with Crippen molar-refractivity contribution in [1.29, 1.82) is 0 Å². The van der Waals surface area contributed by atoms with E-state index in [1.54, 1.807) is 0 Å². The smallest absolute Gasteiger partial charge is 0.137 e. The molecule has 0 aliphatic heterocycles. The molecule has 2 heterocycles. The molecule has 0 aliphatic rings. The SMILES string of the molecule is CCOc1ccccc1-c1nc2cc(C)ccn2c1CN(C)C. The predicted octanol–water partition coefficient (Wildman–Crippen LogP) is 3.77. The summed E-state index contributed by atoms with van der Waals surface area (Å²) < 4.78 is 7.98. The van der Waals surface area contributed by atoms with Crippen LogP contribution >= 0.6 is 0 Å². The van der Waals surface area contributed by atoms with Crippen LogP contribution in [0.5, 0.6) is 5.75 Å². The molecule has 0 spiro atoms. The lowest BCUT2D eigenvalue weighted by Gasteiger charge is -2.13. The zero-order valence-electron chi connectivity index (χ0n) is 14.2. The van der Waals surface area contributed by atoms with E-state index in [4.69, 9.17) is 9.72 Å². The van der Waals surface area contributed by atoms with E-state index in [9.17, 15) is 0 Å². The highest BCUT2D eigenvalue weighted by atomic mass is 16.5. The third-order valence-corrected chi connectivity index (χ3v) is 3.79. The van der Waals surface area contributed by atoms with Crippen molar-refractivity contribution in [2.75, 3.05) is 20.7 Å². The van der Waals surface area contributed by atoms with Crippen LogP contribution < -0.4 is 4.74 Å². The molecule has 120 valence electrons. The molecule has 0 amide bonds. The lowest BCUT2D eigenvalue weighted by molar-refractivity contribution is 0.341. The van der Waals surface area contributed by atoms with Gasteiger partial charge in [0.25, 0.3) is 0 Å². The van der Waals surface area contributed by atoms with Gasteiger partial charge in [0.15, 0.2) is 0 Å². The van der Waals surface area contributed by atoms with Crippen LogP contribution in [0.2, 0.25) is 0 Å². The van der Waals surface area contributed by atoms with Crippen LogP contribution in [-0.4, -0.2) is 35.0 Å². The number of nitrogens with zero attached hydrogens (tertiary/aromatic N) is 3. The lowest BCUT2D eigenvalue weighted by Crippen LogP contribution is -2.13. The third kappa shape index (κ3) is 3.08. The van der Waals surface area contributed by atoms with Crippen LogP contribution in [0.3, 0.4) is 0 Å². The van der Waals surface area contributed by atoms with E-state index in [-0.39, 0.29) is 0 Å². The van der Waals surface area contributed by atoms with Crippen molar-refractivity contribution in [2.24, 2.45) is 0 Å². The van der Waals surface area contributed by atoms with E-state index in [0.717, 1.165) is 29.2 Å². The van der Waals surface area contributed by atoms with Gasteiger partial charge < -0.3 is 14.0 Å². The number of pyridine rings is 1. The van der Waals surface area contributed by atoms with Crippen molar-refractivity contribution in [3.05, 3.63) is 53.9 Å². The molecule has 4 heteroatoms. The van der Waals surface area contributed by atoms with Crippen molar-refractivity contribution in [3.8, 4) is 17.0 Å². The maximum atomic E-state index is 5.81. The number of benzene rings is 1. The van der Waals surface area contributed by atoms with Crippen molar-refractivity contribution in [1.82, 2.24) is 14.3 Å². The number of aromatic nitrogens is 2.